The van der Waals surface area contributed by atoms with Crippen molar-refractivity contribution in [2.75, 3.05) is 6.61 Å². The molecule has 1 aromatic rings. The highest BCUT2D eigenvalue weighted by Gasteiger charge is 2.27. The van der Waals surface area contributed by atoms with Gasteiger partial charge in [0.2, 0.25) is 0 Å². The third-order valence-electron chi connectivity index (χ3n) is 2.94. The standard InChI is InChI=1S/C17H23ClFNO3/c1-16(2,3)10-17(4,5)20-14(21)9-23-15(22)12-7-6-11(19)8-13(12)18/h6-8H,9-10H2,1-5H3,(H,20,21). The van der Waals surface area contributed by atoms with Crippen molar-refractivity contribution >= 4 is 23.5 Å². The Balaban J connectivity index is 2.57. The molecule has 23 heavy (non-hydrogen) atoms. The van der Waals surface area contributed by atoms with E-state index >= 15 is 0 Å². The Labute approximate surface area is 141 Å². The average molecular weight is 344 g/mol. The minimum atomic E-state index is -0.765. The summed E-state index contributed by atoms with van der Waals surface area (Å²) in [6.07, 6.45) is 0.767. The molecule has 1 rings (SSSR count). The first-order valence-electron chi connectivity index (χ1n) is 7.33. The second-order valence-corrected chi connectivity index (χ2v) is 7.78. The monoisotopic (exact) mass is 343 g/mol. The molecule has 0 atom stereocenters. The molecule has 0 aliphatic rings. The van der Waals surface area contributed by atoms with E-state index in [-0.39, 0.29) is 16.0 Å². The van der Waals surface area contributed by atoms with Gasteiger partial charge in [-0.2, -0.15) is 0 Å². The highest BCUT2D eigenvalue weighted by atomic mass is 35.5. The van der Waals surface area contributed by atoms with Crippen LogP contribution in [0.4, 0.5) is 4.39 Å². The van der Waals surface area contributed by atoms with Crippen molar-refractivity contribution in [3.63, 3.8) is 0 Å². The van der Waals surface area contributed by atoms with Crippen LogP contribution in [0, 0.1) is 11.2 Å². The summed E-state index contributed by atoms with van der Waals surface area (Å²) in [5.74, 6) is -1.71. The molecule has 1 amide bonds. The molecule has 0 saturated heterocycles. The second kappa shape index (κ2) is 7.30. The molecule has 0 aliphatic carbocycles. The quantitative estimate of drug-likeness (QED) is 0.823. The van der Waals surface area contributed by atoms with Gasteiger partial charge in [-0.05, 0) is 43.9 Å². The summed E-state index contributed by atoms with van der Waals surface area (Å²) < 4.78 is 17.9. The van der Waals surface area contributed by atoms with Gasteiger partial charge in [-0.3, -0.25) is 4.79 Å². The molecule has 0 fully saturated rings. The Bertz CT molecular complexity index is 594. The molecule has 128 valence electrons. The summed E-state index contributed by atoms with van der Waals surface area (Å²) in [4.78, 5) is 23.8. The van der Waals surface area contributed by atoms with Gasteiger partial charge in [0.15, 0.2) is 6.61 Å². The zero-order chi connectivity index (χ0) is 17.8. The summed E-state index contributed by atoms with van der Waals surface area (Å²) in [7, 11) is 0. The molecule has 0 aromatic heterocycles. The molecule has 1 N–H and O–H groups in total. The Kier molecular flexibility index (Phi) is 6.17. The largest absolute Gasteiger partial charge is 0.452 e. The molecule has 0 unspecified atom stereocenters. The fourth-order valence-electron chi connectivity index (χ4n) is 2.65. The van der Waals surface area contributed by atoms with Crippen molar-refractivity contribution < 1.29 is 18.7 Å². The van der Waals surface area contributed by atoms with Gasteiger partial charge in [0.1, 0.15) is 5.82 Å². The van der Waals surface area contributed by atoms with Crippen LogP contribution in [-0.4, -0.2) is 24.0 Å². The minimum Gasteiger partial charge on any atom is -0.452 e. The Hall–Kier alpha value is -1.62. The molecule has 4 nitrogen and oxygen atoms in total. The first kappa shape index (κ1) is 19.4. The fourth-order valence-corrected chi connectivity index (χ4v) is 2.89. The normalized spacial score (nSPS) is 12.0. The van der Waals surface area contributed by atoms with Crippen molar-refractivity contribution in [2.24, 2.45) is 5.41 Å². The number of benzene rings is 1. The molecule has 1 aromatic carbocycles. The van der Waals surface area contributed by atoms with Crippen LogP contribution in [0.15, 0.2) is 18.2 Å². The lowest BCUT2D eigenvalue weighted by atomic mass is 9.82. The average Bonchev–Trinajstić information content (AvgIpc) is 2.32. The van der Waals surface area contributed by atoms with Gasteiger partial charge in [0.25, 0.3) is 5.91 Å². The lowest BCUT2D eigenvalue weighted by Gasteiger charge is -2.33. The number of ether oxygens (including phenoxy) is 1. The molecule has 0 aliphatic heterocycles. The zero-order valence-corrected chi connectivity index (χ0v) is 14.9. The number of hydrogen-bond donors (Lipinski definition) is 1. The summed E-state index contributed by atoms with van der Waals surface area (Å²) in [5.41, 5.74) is -0.348. The van der Waals surface area contributed by atoms with E-state index in [4.69, 9.17) is 16.3 Å². The molecule has 0 spiro atoms. The third kappa shape index (κ3) is 6.99. The van der Waals surface area contributed by atoms with Crippen molar-refractivity contribution in [3.8, 4) is 0 Å². The third-order valence-corrected chi connectivity index (χ3v) is 3.25. The van der Waals surface area contributed by atoms with Gasteiger partial charge in [0.05, 0.1) is 10.6 Å². The summed E-state index contributed by atoms with van der Waals surface area (Å²) in [6.45, 7) is 9.65. The predicted molar refractivity (Wildman–Crippen MR) is 88.0 cm³/mol. The summed E-state index contributed by atoms with van der Waals surface area (Å²) >= 11 is 5.78. The van der Waals surface area contributed by atoms with Crippen molar-refractivity contribution in [1.29, 1.82) is 0 Å². The van der Waals surface area contributed by atoms with Gasteiger partial charge in [-0.25, -0.2) is 9.18 Å². The van der Waals surface area contributed by atoms with Crippen molar-refractivity contribution in [2.45, 2.75) is 46.6 Å². The number of carbonyl (C=O) groups is 2. The number of nitrogens with one attached hydrogen (secondary N) is 1. The first-order chi connectivity index (χ1) is 10.4. The van der Waals surface area contributed by atoms with Crippen LogP contribution in [-0.2, 0) is 9.53 Å². The number of esters is 1. The van der Waals surface area contributed by atoms with Crippen LogP contribution in [0.1, 0.15) is 51.4 Å². The lowest BCUT2D eigenvalue weighted by molar-refractivity contribution is -0.126. The lowest BCUT2D eigenvalue weighted by Crippen LogP contribution is -2.47. The van der Waals surface area contributed by atoms with E-state index in [2.05, 4.69) is 26.1 Å². The summed E-state index contributed by atoms with van der Waals surface area (Å²) in [5, 5.41) is 2.78. The van der Waals surface area contributed by atoms with Crippen LogP contribution in [0.2, 0.25) is 5.02 Å². The molecule has 0 saturated carbocycles. The molecule has 6 heteroatoms. The maximum atomic E-state index is 12.9. The number of amides is 1. The fraction of sp³-hybridized carbons (Fsp3) is 0.529. The highest BCUT2D eigenvalue weighted by molar-refractivity contribution is 6.33. The van der Waals surface area contributed by atoms with Gasteiger partial charge in [-0.15, -0.1) is 0 Å². The Morgan fingerprint density at radius 2 is 1.83 bits per heavy atom. The number of rotatable bonds is 5. The number of halogens is 2. The maximum Gasteiger partial charge on any atom is 0.340 e. The molecular formula is C17H23ClFNO3. The molecule has 0 radical (unpaired) electrons. The van der Waals surface area contributed by atoms with E-state index in [0.717, 1.165) is 18.6 Å². The van der Waals surface area contributed by atoms with Crippen LogP contribution >= 0.6 is 11.6 Å². The second-order valence-electron chi connectivity index (χ2n) is 7.37. The van der Waals surface area contributed by atoms with E-state index in [9.17, 15) is 14.0 Å². The van der Waals surface area contributed by atoms with E-state index < -0.39 is 29.8 Å². The summed E-state index contributed by atoms with van der Waals surface area (Å²) in [6, 6.07) is 3.35. The van der Waals surface area contributed by atoms with E-state index in [0.29, 0.717) is 0 Å². The van der Waals surface area contributed by atoms with Crippen molar-refractivity contribution in [3.05, 3.63) is 34.6 Å². The van der Waals surface area contributed by atoms with Crippen molar-refractivity contribution in [1.82, 2.24) is 5.32 Å². The maximum absolute atomic E-state index is 12.9. The SMILES string of the molecule is CC(C)(C)CC(C)(C)NC(=O)COC(=O)c1ccc(F)cc1Cl. The first-order valence-corrected chi connectivity index (χ1v) is 7.71. The number of carbonyl (C=O) groups excluding carboxylic acids is 2. The molecular weight excluding hydrogens is 321 g/mol. The zero-order valence-electron chi connectivity index (χ0n) is 14.1. The molecule has 0 heterocycles. The van der Waals surface area contributed by atoms with Gasteiger partial charge in [-0.1, -0.05) is 32.4 Å². The van der Waals surface area contributed by atoms with Crippen LogP contribution in [0.25, 0.3) is 0 Å². The predicted octanol–water partition coefficient (Wildman–Crippen LogP) is 3.97. The van der Waals surface area contributed by atoms with E-state index in [1.165, 1.54) is 6.07 Å². The van der Waals surface area contributed by atoms with E-state index in [1.807, 2.05) is 13.8 Å². The molecule has 0 bridgehead atoms. The Morgan fingerprint density at radius 3 is 2.35 bits per heavy atom. The smallest absolute Gasteiger partial charge is 0.340 e. The van der Waals surface area contributed by atoms with Gasteiger partial charge in [0, 0.05) is 5.54 Å². The van der Waals surface area contributed by atoms with Gasteiger partial charge < -0.3 is 10.1 Å². The van der Waals surface area contributed by atoms with E-state index in [1.54, 1.807) is 0 Å². The van der Waals surface area contributed by atoms with Crippen LogP contribution in [0.3, 0.4) is 0 Å². The number of hydrogen-bond acceptors (Lipinski definition) is 3. The van der Waals surface area contributed by atoms with Crippen LogP contribution < -0.4 is 5.32 Å². The van der Waals surface area contributed by atoms with Crippen LogP contribution in [0.5, 0.6) is 0 Å². The minimum absolute atomic E-state index is 0.0230. The topological polar surface area (TPSA) is 55.4 Å². The van der Waals surface area contributed by atoms with Gasteiger partial charge >= 0.3 is 5.97 Å². The highest BCUT2D eigenvalue weighted by Crippen LogP contribution is 2.26. The Morgan fingerprint density at radius 1 is 1.22 bits per heavy atom.